The second kappa shape index (κ2) is 4.83. The number of carbonyl (C=O) groups is 1. The van der Waals surface area contributed by atoms with Gasteiger partial charge < -0.3 is 15.1 Å². The zero-order valence-corrected chi connectivity index (χ0v) is 9.93. The van der Waals surface area contributed by atoms with Crippen LogP contribution in [0.5, 0.6) is 0 Å². The summed E-state index contributed by atoms with van der Waals surface area (Å²) in [6, 6.07) is 0. The summed E-state index contributed by atoms with van der Waals surface area (Å²) in [5.41, 5.74) is 1.21. The Morgan fingerprint density at radius 2 is 2.00 bits per heavy atom. The number of anilines is 1. The first-order valence-corrected chi connectivity index (χ1v) is 5.13. The van der Waals surface area contributed by atoms with Gasteiger partial charge in [-0.3, -0.25) is 4.79 Å². The minimum atomic E-state index is -0.408. The smallest absolute Gasteiger partial charge is 0.340 e. The Kier molecular flexibility index (Phi) is 3.71. The van der Waals surface area contributed by atoms with Gasteiger partial charge in [0, 0.05) is 19.7 Å². The van der Waals surface area contributed by atoms with Crippen molar-refractivity contribution in [2.45, 2.75) is 20.3 Å². The van der Waals surface area contributed by atoms with Gasteiger partial charge in [-0.2, -0.15) is 0 Å². The van der Waals surface area contributed by atoms with Crippen molar-refractivity contribution in [1.29, 1.82) is 0 Å². The number of carbonyl (C=O) groups excluding carboxylic acids is 1. The van der Waals surface area contributed by atoms with Crippen LogP contribution < -0.4 is 16.3 Å². The van der Waals surface area contributed by atoms with Crippen molar-refractivity contribution in [2.75, 3.05) is 19.4 Å². The van der Waals surface area contributed by atoms with Gasteiger partial charge in [0.15, 0.2) is 0 Å². The van der Waals surface area contributed by atoms with Crippen LogP contribution in [0, 0.1) is 6.92 Å². The van der Waals surface area contributed by atoms with Gasteiger partial charge in [0.25, 0.3) is 5.91 Å². The van der Waals surface area contributed by atoms with E-state index < -0.39 is 5.63 Å². The van der Waals surface area contributed by atoms with Gasteiger partial charge in [-0.15, -0.1) is 0 Å². The predicted molar refractivity (Wildman–Crippen MR) is 62.0 cm³/mol. The first-order chi connectivity index (χ1) is 7.56. The van der Waals surface area contributed by atoms with E-state index in [4.69, 9.17) is 4.42 Å². The average molecular weight is 224 g/mol. The molecule has 1 aromatic heterocycles. The average Bonchev–Trinajstić information content (AvgIpc) is 2.30. The van der Waals surface area contributed by atoms with Crippen LogP contribution in [0.15, 0.2) is 9.21 Å². The quantitative estimate of drug-likeness (QED) is 0.800. The van der Waals surface area contributed by atoms with Crippen LogP contribution in [0.25, 0.3) is 0 Å². The van der Waals surface area contributed by atoms with E-state index in [1.54, 1.807) is 21.0 Å². The normalized spacial score (nSPS) is 10.0. The van der Waals surface area contributed by atoms with Crippen molar-refractivity contribution in [3.8, 4) is 0 Å². The van der Waals surface area contributed by atoms with Gasteiger partial charge in [-0.05, 0) is 18.9 Å². The van der Waals surface area contributed by atoms with Crippen molar-refractivity contribution in [1.82, 2.24) is 5.32 Å². The van der Waals surface area contributed by atoms with Crippen LogP contribution in [0.1, 0.15) is 28.4 Å². The van der Waals surface area contributed by atoms with Crippen molar-refractivity contribution < 1.29 is 9.21 Å². The molecule has 1 amide bonds. The molecular formula is C11H16N2O3. The third-order valence-corrected chi connectivity index (χ3v) is 2.52. The van der Waals surface area contributed by atoms with Gasteiger partial charge in [-0.1, -0.05) is 6.92 Å². The molecule has 5 heteroatoms. The van der Waals surface area contributed by atoms with Crippen molar-refractivity contribution in [3.63, 3.8) is 0 Å². The minimum absolute atomic E-state index is 0.215. The van der Waals surface area contributed by atoms with Crippen molar-refractivity contribution in [3.05, 3.63) is 27.1 Å². The van der Waals surface area contributed by atoms with E-state index in [0.717, 1.165) is 5.56 Å². The fraction of sp³-hybridized carbons (Fsp3) is 0.455. The highest BCUT2D eigenvalue weighted by molar-refractivity contribution is 5.99. The largest absolute Gasteiger partial charge is 0.406 e. The molecule has 0 atom stereocenters. The molecule has 16 heavy (non-hydrogen) atoms. The van der Waals surface area contributed by atoms with E-state index in [2.05, 4.69) is 10.6 Å². The zero-order valence-electron chi connectivity index (χ0n) is 9.93. The Labute approximate surface area is 93.8 Å². The summed E-state index contributed by atoms with van der Waals surface area (Å²) in [5, 5.41) is 5.26. The van der Waals surface area contributed by atoms with Crippen LogP contribution >= 0.6 is 0 Å². The fourth-order valence-corrected chi connectivity index (χ4v) is 1.65. The predicted octanol–water partition coefficient (Wildman–Crippen LogP) is 0.912. The van der Waals surface area contributed by atoms with Crippen LogP contribution in [-0.4, -0.2) is 20.0 Å². The molecule has 0 unspecified atom stereocenters. The molecule has 2 N–H and O–H groups in total. The van der Waals surface area contributed by atoms with Gasteiger partial charge in [-0.25, -0.2) is 4.79 Å². The highest BCUT2D eigenvalue weighted by atomic mass is 16.4. The highest BCUT2D eigenvalue weighted by Crippen LogP contribution is 2.20. The zero-order chi connectivity index (χ0) is 12.3. The van der Waals surface area contributed by atoms with E-state index in [-0.39, 0.29) is 11.8 Å². The topological polar surface area (TPSA) is 71.3 Å². The van der Waals surface area contributed by atoms with Crippen LogP contribution in [0.2, 0.25) is 0 Å². The monoisotopic (exact) mass is 224 g/mol. The number of hydrogen-bond donors (Lipinski definition) is 2. The molecule has 0 aliphatic carbocycles. The lowest BCUT2D eigenvalue weighted by molar-refractivity contribution is 0.0961. The molecule has 1 rings (SSSR count). The first-order valence-electron chi connectivity index (χ1n) is 5.13. The number of rotatable bonds is 3. The third-order valence-electron chi connectivity index (χ3n) is 2.52. The molecule has 0 saturated carbocycles. The summed E-state index contributed by atoms with van der Waals surface area (Å²) < 4.78 is 5.03. The summed E-state index contributed by atoms with van der Waals surface area (Å²) in [4.78, 5) is 23.2. The lowest BCUT2D eigenvalue weighted by Crippen LogP contribution is -2.24. The van der Waals surface area contributed by atoms with E-state index in [1.807, 2.05) is 6.92 Å². The molecule has 0 aromatic carbocycles. The second-order valence-corrected chi connectivity index (χ2v) is 3.38. The molecule has 0 spiro atoms. The van der Waals surface area contributed by atoms with Crippen molar-refractivity contribution >= 4 is 11.8 Å². The Hall–Kier alpha value is -1.78. The number of hydrogen-bond acceptors (Lipinski definition) is 4. The van der Waals surface area contributed by atoms with E-state index in [0.29, 0.717) is 17.5 Å². The molecule has 0 saturated heterocycles. The van der Waals surface area contributed by atoms with E-state index in [1.165, 1.54) is 0 Å². The summed E-state index contributed by atoms with van der Waals surface area (Å²) >= 11 is 0. The Morgan fingerprint density at radius 3 is 2.44 bits per heavy atom. The summed E-state index contributed by atoms with van der Waals surface area (Å²) in [7, 11) is 3.15. The number of nitrogens with one attached hydrogen (secondary N) is 2. The molecule has 1 heterocycles. The maximum Gasteiger partial charge on any atom is 0.340 e. The second-order valence-electron chi connectivity index (χ2n) is 3.38. The molecule has 0 aliphatic heterocycles. The SMILES string of the molecule is CCc1c(C(=O)NC)c(NC)oc(=O)c1C. The Balaban J connectivity index is 3.59. The maximum atomic E-state index is 11.7. The Bertz CT molecular complexity index is 463. The molecule has 0 fully saturated rings. The van der Waals surface area contributed by atoms with Gasteiger partial charge in [0.05, 0.1) is 0 Å². The fourth-order valence-electron chi connectivity index (χ4n) is 1.65. The van der Waals surface area contributed by atoms with Gasteiger partial charge >= 0.3 is 5.63 Å². The van der Waals surface area contributed by atoms with Crippen molar-refractivity contribution in [2.24, 2.45) is 0 Å². The van der Waals surface area contributed by atoms with Crippen LogP contribution in [-0.2, 0) is 6.42 Å². The lowest BCUT2D eigenvalue weighted by Gasteiger charge is -2.12. The van der Waals surface area contributed by atoms with Crippen LogP contribution in [0.3, 0.4) is 0 Å². The highest BCUT2D eigenvalue weighted by Gasteiger charge is 2.20. The molecule has 0 radical (unpaired) electrons. The molecule has 0 aliphatic rings. The summed E-state index contributed by atoms with van der Waals surface area (Å²) in [6.45, 7) is 3.56. The molecule has 88 valence electrons. The lowest BCUT2D eigenvalue weighted by atomic mass is 10.0. The van der Waals surface area contributed by atoms with Gasteiger partial charge in [0.1, 0.15) is 5.56 Å². The Morgan fingerprint density at radius 1 is 1.38 bits per heavy atom. The third kappa shape index (κ3) is 1.93. The molecule has 1 aromatic rings. The summed E-state index contributed by atoms with van der Waals surface area (Å²) in [5.74, 6) is -0.0418. The molecular weight excluding hydrogens is 208 g/mol. The number of amides is 1. The first kappa shape index (κ1) is 12.3. The minimum Gasteiger partial charge on any atom is -0.406 e. The molecule has 0 bridgehead atoms. The maximum absolute atomic E-state index is 11.7. The van der Waals surface area contributed by atoms with E-state index >= 15 is 0 Å². The van der Waals surface area contributed by atoms with Gasteiger partial charge in [0.2, 0.25) is 5.88 Å². The molecule has 5 nitrogen and oxygen atoms in total. The summed E-state index contributed by atoms with van der Waals surface area (Å²) in [6.07, 6.45) is 0.606. The standard InChI is InChI=1S/C11H16N2O3/c1-5-7-6(2)11(15)16-10(13-4)8(7)9(14)12-3/h13H,5H2,1-4H3,(H,12,14). The van der Waals surface area contributed by atoms with Crippen LogP contribution in [0.4, 0.5) is 5.88 Å². The van der Waals surface area contributed by atoms with E-state index in [9.17, 15) is 9.59 Å².